The van der Waals surface area contributed by atoms with E-state index >= 15 is 0 Å². The van der Waals surface area contributed by atoms with Crippen LogP contribution in [-0.4, -0.2) is 18.4 Å². The molecule has 0 spiro atoms. The van der Waals surface area contributed by atoms with E-state index in [0.717, 1.165) is 27.3 Å². The van der Waals surface area contributed by atoms with Crippen molar-refractivity contribution in [2.24, 2.45) is 0 Å². The van der Waals surface area contributed by atoms with Gasteiger partial charge in [0.1, 0.15) is 11.0 Å². The van der Waals surface area contributed by atoms with Gasteiger partial charge in [-0.05, 0) is 61.4 Å². The largest absolute Gasteiger partial charge is 0.484 e. The van der Waals surface area contributed by atoms with Gasteiger partial charge in [-0.1, -0.05) is 72.3 Å². The summed E-state index contributed by atoms with van der Waals surface area (Å²) < 4.78 is 5.53. The molecule has 1 unspecified atom stereocenters. The first-order chi connectivity index (χ1) is 17.5. The maximum Gasteiger partial charge on any atom is 0.262 e. The quantitative estimate of drug-likeness (QED) is 0.250. The number of aryl methyl sites for hydroxylation is 2. The monoisotopic (exact) mass is 496 g/mol. The second-order valence-corrected chi connectivity index (χ2v) is 9.57. The van der Waals surface area contributed by atoms with Crippen LogP contribution in [0.2, 0.25) is 0 Å². The Labute approximate surface area is 215 Å². The highest BCUT2D eigenvalue weighted by Crippen LogP contribution is 2.37. The summed E-state index contributed by atoms with van der Waals surface area (Å²) in [6, 6.07) is 32.3. The lowest BCUT2D eigenvalue weighted by Gasteiger charge is -2.18. The number of rotatable bonds is 9. The van der Waals surface area contributed by atoms with Gasteiger partial charge in [0, 0.05) is 16.3 Å². The van der Waals surface area contributed by atoms with Crippen LogP contribution in [0.1, 0.15) is 21.9 Å². The second kappa shape index (κ2) is 12.1. The van der Waals surface area contributed by atoms with Crippen molar-refractivity contribution in [3.05, 3.63) is 120 Å². The van der Waals surface area contributed by atoms with E-state index in [1.54, 1.807) is 12.1 Å². The van der Waals surface area contributed by atoms with Crippen LogP contribution in [0.25, 0.3) is 0 Å². The highest BCUT2D eigenvalue weighted by molar-refractivity contribution is 8.00. The molecule has 0 aliphatic heterocycles. The van der Waals surface area contributed by atoms with E-state index < -0.39 is 5.25 Å². The number of thioether (sulfide) groups is 1. The van der Waals surface area contributed by atoms with Gasteiger partial charge in [0.2, 0.25) is 5.91 Å². The minimum absolute atomic E-state index is 0.0909. The van der Waals surface area contributed by atoms with Crippen LogP contribution in [0.15, 0.2) is 108 Å². The molecular weight excluding hydrogens is 468 g/mol. The van der Waals surface area contributed by atoms with Crippen molar-refractivity contribution in [1.82, 2.24) is 0 Å². The van der Waals surface area contributed by atoms with Crippen molar-refractivity contribution < 1.29 is 14.3 Å². The van der Waals surface area contributed by atoms with Crippen LogP contribution in [0.3, 0.4) is 0 Å². The van der Waals surface area contributed by atoms with Crippen LogP contribution in [-0.2, 0) is 9.59 Å². The van der Waals surface area contributed by atoms with Crippen LogP contribution in [0, 0.1) is 13.8 Å². The molecule has 2 N–H and O–H groups in total. The molecule has 0 radical (unpaired) electrons. The molecule has 36 heavy (non-hydrogen) atoms. The van der Waals surface area contributed by atoms with E-state index in [9.17, 15) is 9.59 Å². The molecule has 0 saturated heterocycles. The van der Waals surface area contributed by atoms with Gasteiger partial charge >= 0.3 is 0 Å². The molecule has 6 heteroatoms. The van der Waals surface area contributed by atoms with E-state index in [4.69, 9.17) is 4.74 Å². The van der Waals surface area contributed by atoms with Gasteiger partial charge < -0.3 is 15.4 Å². The number of anilines is 2. The summed E-state index contributed by atoms with van der Waals surface area (Å²) in [5.41, 5.74) is 4.50. The van der Waals surface area contributed by atoms with Gasteiger partial charge in [0.25, 0.3) is 5.91 Å². The zero-order chi connectivity index (χ0) is 25.3. The zero-order valence-electron chi connectivity index (χ0n) is 20.2. The topological polar surface area (TPSA) is 67.4 Å². The molecule has 0 aliphatic carbocycles. The molecule has 182 valence electrons. The van der Waals surface area contributed by atoms with Crippen LogP contribution >= 0.6 is 11.8 Å². The predicted molar refractivity (Wildman–Crippen MR) is 147 cm³/mol. The number of nitrogens with one attached hydrogen (secondary N) is 2. The Balaban J connectivity index is 1.47. The van der Waals surface area contributed by atoms with Gasteiger partial charge in [-0.2, -0.15) is 0 Å². The molecular formula is C30H28N2O3S. The lowest BCUT2D eigenvalue weighted by molar-refractivity contribution is -0.118. The Morgan fingerprint density at radius 3 is 2.25 bits per heavy atom. The fraction of sp³-hybridized carbons (Fsp3) is 0.133. The van der Waals surface area contributed by atoms with E-state index in [0.29, 0.717) is 11.4 Å². The Bertz CT molecular complexity index is 1330. The van der Waals surface area contributed by atoms with E-state index in [-0.39, 0.29) is 18.4 Å². The summed E-state index contributed by atoms with van der Waals surface area (Å²) >= 11 is 1.44. The van der Waals surface area contributed by atoms with Crippen LogP contribution in [0.4, 0.5) is 11.4 Å². The Morgan fingerprint density at radius 1 is 0.806 bits per heavy atom. The van der Waals surface area contributed by atoms with Gasteiger partial charge in [-0.3, -0.25) is 9.59 Å². The minimum Gasteiger partial charge on any atom is -0.484 e. The maximum atomic E-state index is 13.4. The minimum atomic E-state index is -0.473. The summed E-state index contributed by atoms with van der Waals surface area (Å²) in [7, 11) is 0. The van der Waals surface area contributed by atoms with Gasteiger partial charge in [0.05, 0.1) is 0 Å². The third-order valence-corrected chi connectivity index (χ3v) is 6.71. The fourth-order valence-electron chi connectivity index (χ4n) is 3.70. The van der Waals surface area contributed by atoms with Crippen molar-refractivity contribution in [2.75, 3.05) is 17.2 Å². The summed E-state index contributed by atoms with van der Waals surface area (Å²) in [4.78, 5) is 26.7. The molecule has 0 fully saturated rings. The molecule has 4 aromatic rings. The fourth-order valence-corrected chi connectivity index (χ4v) is 4.78. The average molecular weight is 497 g/mol. The summed E-state index contributed by atoms with van der Waals surface area (Å²) in [6.07, 6.45) is 0. The maximum absolute atomic E-state index is 13.4. The molecule has 0 aromatic heterocycles. The SMILES string of the molecule is Cc1ccc(NC(=O)C(Sc2cccc(NC(=O)COc3ccccc3)c2)c2ccccc2)c(C)c1. The summed E-state index contributed by atoms with van der Waals surface area (Å²) in [5, 5.41) is 5.49. The molecule has 0 bridgehead atoms. The zero-order valence-corrected chi connectivity index (χ0v) is 21.0. The van der Waals surface area contributed by atoms with Gasteiger partial charge in [-0.15, -0.1) is 11.8 Å². The first-order valence-corrected chi connectivity index (χ1v) is 12.5. The normalized spacial score (nSPS) is 11.4. The average Bonchev–Trinajstić information content (AvgIpc) is 2.89. The molecule has 4 aromatic carbocycles. The summed E-state index contributed by atoms with van der Waals surface area (Å²) in [5.74, 6) is 0.273. The Kier molecular flexibility index (Phi) is 8.42. The number of hydrogen-bond acceptors (Lipinski definition) is 4. The second-order valence-electron chi connectivity index (χ2n) is 8.39. The number of para-hydroxylation sites is 1. The molecule has 0 aliphatic rings. The van der Waals surface area contributed by atoms with E-state index in [1.165, 1.54) is 11.8 Å². The molecule has 0 saturated carbocycles. The highest BCUT2D eigenvalue weighted by atomic mass is 32.2. The van der Waals surface area contributed by atoms with Crippen LogP contribution in [0.5, 0.6) is 5.75 Å². The Hall–Kier alpha value is -4.03. The van der Waals surface area contributed by atoms with Crippen molar-refractivity contribution in [3.8, 4) is 5.75 Å². The third kappa shape index (κ3) is 6.99. The highest BCUT2D eigenvalue weighted by Gasteiger charge is 2.23. The van der Waals surface area contributed by atoms with E-state index in [2.05, 4.69) is 10.6 Å². The number of benzene rings is 4. The lowest BCUT2D eigenvalue weighted by Crippen LogP contribution is -2.20. The smallest absolute Gasteiger partial charge is 0.262 e. The number of amides is 2. The predicted octanol–water partition coefficient (Wildman–Crippen LogP) is 6.79. The van der Waals surface area contributed by atoms with E-state index in [1.807, 2.05) is 105 Å². The first kappa shape index (κ1) is 25.1. The molecule has 4 rings (SSSR count). The van der Waals surface area contributed by atoms with Gasteiger partial charge in [0.15, 0.2) is 6.61 Å². The molecule has 1 atom stereocenters. The van der Waals surface area contributed by atoms with Crippen molar-refractivity contribution in [2.45, 2.75) is 24.0 Å². The first-order valence-electron chi connectivity index (χ1n) is 11.7. The van der Waals surface area contributed by atoms with Crippen molar-refractivity contribution in [1.29, 1.82) is 0 Å². The lowest BCUT2D eigenvalue weighted by atomic mass is 10.1. The number of carbonyl (C=O) groups excluding carboxylic acids is 2. The molecule has 0 heterocycles. The standard InChI is InChI=1S/C30H28N2O3S/c1-21-16-17-27(22(2)18-21)32-30(34)29(23-10-5-3-6-11-23)36-26-15-9-12-24(19-26)31-28(33)20-35-25-13-7-4-8-14-25/h3-19,29H,20H2,1-2H3,(H,31,33)(H,32,34). The summed E-state index contributed by atoms with van der Waals surface area (Å²) in [6.45, 7) is 3.92. The third-order valence-electron chi connectivity index (χ3n) is 5.47. The van der Waals surface area contributed by atoms with Crippen molar-refractivity contribution in [3.63, 3.8) is 0 Å². The number of ether oxygens (including phenoxy) is 1. The van der Waals surface area contributed by atoms with Crippen LogP contribution < -0.4 is 15.4 Å². The van der Waals surface area contributed by atoms with Gasteiger partial charge in [-0.25, -0.2) is 0 Å². The van der Waals surface area contributed by atoms with Crippen molar-refractivity contribution >= 4 is 35.0 Å². The number of carbonyl (C=O) groups is 2. The Morgan fingerprint density at radius 2 is 1.53 bits per heavy atom. The molecule has 2 amide bonds. The molecule has 5 nitrogen and oxygen atoms in total. The number of hydrogen-bond donors (Lipinski definition) is 2.